The van der Waals surface area contributed by atoms with Gasteiger partial charge in [-0.25, -0.2) is 0 Å². The molecule has 0 spiro atoms. The molecule has 2 nitrogen and oxygen atoms in total. The largest absolute Gasteiger partial charge is 1.00 e. The Morgan fingerprint density at radius 3 is 2.50 bits per heavy atom. The minimum Gasteiger partial charge on any atom is -0.854 e. The van der Waals surface area contributed by atoms with Crippen molar-refractivity contribution in [2.24, 2.45) is 11.7 Å². The van der Waals surface area contributed by atoms with Crippen LogP contribution in [0.2, 0.25) is 0 Å². The summed E-state index contributed by atoms with van der Waals surface area (Å²) in [5, 5.41) is 10.4. The van der Waals surface area contributed by atoms with Crippen LogP contribution in [0.1, 0.15) is 25.7 Å². The summed E-state index contributed by atoms with van der Waals surface area (Å²) in [5.41, 5.74) is 5.66. The van der Waals surface area contributed by atoms with Crippen molar-refractivity contribution in [2.45, 2.75) is 31.7 Å². The summed E-state index contributed by atoms with van der Waals surface area (Å²) in [6.07, 6.45) is 4.35. The molecule has 0 saturated heterocycles. The van der Waals surface area contributed by atoms with Crippen molar-refractivity contribution in [1.82, 2.24) is 0 Å². The van der Waals surface area contributed by atoms with Gasteiger partial charge < -0.3 is 10.8 Å². The minimum absolute atomic E-state index is 0. The average molecular weight is 167 g/mol. The summed E-state index contributed by atoms with van der Waals surface area (Å²) in [4.78, 5) is 0. The van der Waals surface area contributed by atoms with Crippen molar-refractivity contribution in [3.8, 4) is 0 Å². The fourth-order valence-electron chi connectivity index (χ4n) is 1.48. The van der Waals surface area contributed by atoms with Gasteiger partial charge in [0.05, 0.1) is 0 Å². The van der Waals surface area contributed by atoms with E-state index in [0.29, 0.717) is 12.0 Å². The maximum Gasteiger partial charge on any atom is 1.00 e. The third kappa shape index (κ3) is 3.81. The van der Waals surface area contributed by atoms with Gasteiger partial charge in [0.1, 0.15) is 0 Å². The van der Waals surface area contributed by atoms with E-state index in [1.807, 2.05) is 0 Å². The summed E-state index contributed by atoms with van der Waals surface area (Å²) < 4.78 is 0. The fourth-order valence-corrected chi connectivity index (χ4v) is 1.48. The van der Waals surface area contributed by atoms with E-state index in [4.69, 9.17) is 5.73 Å². The summed E-state index contributed by atoms with van der Waals surface area (Å²) >= 11 is 0. The van der Waals surface area contributed by atoms with Crippen molar-refractivity contribution in [3.05, 3.63) is 0 Å². The fraction of sp³-hybridized carbons (Fsp3) is 1.00. The monoisotopic (exact) mass is 167 g/mol. The molecule has 3 heteroatoms. The molecule has 0 aromatic heterocycles. The van der Waals surface area contributed by atoms with E-state index in [-0.39, 0.29) is 58.0 Å². The first kappa shape index (κ1) is 11.6. The second-order valence-corrected chi connectivity index (χ2v) is 2.96. The Morgan fingerprint density at radius 2 is 2.10 bits per heavy atom. The zero-order valence-electron chi connectivity index (χ0n) is 6.68. The first-order valence-corrected chi connectivity index (χ1v) is 3.66. The van der Waals surface area contributed by atoms with Crippen molar-refractivity contribution < 1.29 is 56.5 Å². The van der Waals surface area contributed by atoms with Crippen molar-refractivity contribution in [2.75, 3.05) is 6.61 Å². The molecule has 1 fully saturated rings. The molecule has 2 unspecified atom stereocenters. The van der Waals surface area contributed by atoms with E-state index in [1.165, 1.54) is 0 Å². The van der Waals surface area contributed by atoms with Gasteiger partial charge in [-0.2, -0.15) is 0 Å². The summed E-state index contributed by atoms with van der Waals surface area (Å²) in [7, 11) is 0. The van der Waals surface area contributed by atoms with Crippen LogP contribution >= 0.6 is 0 Å². The van der Waals surface area contributed by atoms with E-state index in [0.717, 1.165) is 25.7 Å². The molecule has 2 atom stereocenters. The smallest absolute Gasteiger partial charge is 0.854 e. The predicted octanol–water partition coefficient (Wildman–Crippen LogP) is -3.13. The molecule has 0 radical (unpaired) electrons. The Hall–Kier alpha value is 1.56. The molecule has 1 saturated carbocycles. The Balaban J connectivity index is 0.000000810. The molecule has 54 valence electrons. The van der Waals surface area contributed by atoms with Gasteiger partial charge in [0.25, 0.3) is 0 Å². The number of nitrogens with two attached hydrogens (primary N) is 1. The zero-order valence-corrected chi connectivity index (χ0v) is 9.80. The first-order chi connectivity index (χ1) is 4.33. The van der Waals surface area contributed by atoms with Gasteiger partial charge in [-0.05, 0) is 12.8 Å². The summed E-state index contributed by atoms with van der Waals surface area (Å²) in [5.74, 6) is 0.383. The van der Waals surface area contributed by atoms with E-state index in [1.54, 1.807) is 0 Å². The van der Waals surface area contributed by atoms with Crippen molar-refractivity contribution in [3.63, 3.8) is 0 Å². The molecule has 0 heterocycles. The van der Waals surface area contributed by atoms with Gasteiger partial charge >= 0.3 is 51.4 Å². The average Bonchev–Trinajstić information content (AvgIpc) is 1.88. The van der Waals surface area contributed by atoms with E-state index in [9.17, 15) is 5.11 Å². The number of hydrogen-bond acceptors (Lipinski definition) is 2. The summed E-state index contributed by atoms with van der Waals surface area (Å²) in [6.45, 7) is 0.0771. The molecule has 0 amide bonds. The van der Waals surface area contributed by atoms with Crippen LogP contribution in [0.5, 0.6) is 0 Å². The molecule has 0 bridgehead atoms. The van der Waals surface area contributed by atoms with Gasteiger partial charge in [0.15, 0.2) is 0 Å². The van der Waals surface area contributed by atoms with Crippen LogP contribution in [0.4, 0.5) is 0 Å². The Labute approximate surface area is 105 Å². The topological polar surface area (TPSA) is 49.1 Å². The molecule has 1 aliphatic carbocycles. The molecule has 2 N–H and O–H groups in total. The van der Waals surface area contributed by atoms with Crippen LogP contribution in [0.3, 0.4) is 0 Å². The van der Waals surface area contributed by atoms with Gasteiger partial charge in [-0.15, -0.1) is 6.61 Å². The van der Waals surface area contributed by atoms with Gasteiger partial charge in [-0.1, -0.05) is 18.8 Å². The van der Waals surface area contributed by atoms with Gasteiger partial charge in [-0.3, -0.25) is 0 Å². The molecule has 0 aromatic carbocycles. The molecular formula is C7H14KNO. The number of hydrogen-bond donors (Lipinski definition) is 1. The maximum atomic E-state index is 10.4. The van der Waals surface area contributed by atoms with Crippen LogP contribution in [-0.2, 0) is 0 Å². The number of rotatable bonds is 1. The first-order valence-electron chi connectivity index (χ1n) is 3.66. The standard InChI is InChI=1S/C7H14NO.K/c8-7-3-1-2-6(4-7)5-9;/h6-7H,1-5,8H2;/q-1;+1. The van der Waals surface area contributed by atoms with Gasteiger partial charge in [0.2, 0.25) is 0 Å². The van der Waals surface area contributed by atoms with E-state index in [2.05, 4.69) is 0 Å². The van der Waals surface area contributed by atoms with Crippen molar-refractivity contribution >= 4 is 0 Å². The minimum atomic E-state index is 0. The summed E-state index contributed by atoms with van der Waals surface area (Å²) in [6, 6.07) is 0.317. The maximum absolute atomic E-state index is 10.4. The van der Waals surface area contributed by atoms with Crippen LogP contribution in [0.15, 0.2) is 0 Å². The van der Waals surface area contributed by atoms with Crippen LogP contribution in [0, 0.1) is 5.92 Å². The SMILES string of the molecule is NC1CCCC(C[O-])C1.[K+]. The quantitative estimate of drug-likeness (QED) is 0.420. The molecule has 10 heavy (non-hydrogen) atoms. The second kappa shape index (κ2) is 6.11. The second-order valence-electron chi connectivity index (χ2n) is 2.96. The molecule has 0 aromatic rings. The molecule has 1 aliphatic rings. The Kier molecular flexibility index (Phi) is 7.07. The van der Waals surface area contributed by atoms with Crippen LogP contribution in [-0.4, -0.2) is 12.6 Å². The predicted molar refractivity (Wildman–Crippen MR) is 34.8 cm³/mol. The van der Waals surface area contributed by atoms with Crippen LogP contribution in [0.25, 0.3) is 0 Å². The molecule has 1 rings (SSSR count). The van der Waals surface area contributed by atoms with E-state index >= 15 is 0 Å². The normalized spacial score (nSPS) is 33.0. The molecule has 0 aliphatic heterocycles. The van der Waals surface area contributed by atoms with Crippen molar-refractivity contribution in [1.29, 1.82) is 0 Å². The van der Waals surface area contributed by atoms with Gasteiger partial charge in [0, 0.05) is 6.04 Å². The Bertz CT molecular complexity index is 89.7. The third-order valence-corrected chi connectivity index (χ3v) is 2.06. The van der Waals surface area contributed by atoms with Crippen LogP contribution < -0.4 is 62.2 Å². The zero-order chi connectivity index (χ0) is 6.69. The van der Waals surface area contributed by atoms with E-state index < -0.39 is 0 Å². The molecular weight excluding hydrogens is 153 g/mol. The Morgan fingerprint density at radius 1 is 1.40 bits per heavy atom. The third-order valence-electron chi connectivity index (χ3n) is 2.06.